The fourth-order valence-electron chi connectivity index (χ4n) is 2.93. The number of rotatable bonds is 3. The lowest BCUT2D eigenvalue weighted by Crippen LogP contribution is -2.29. The van der Waals surface area contributed by atoms with Crippen LogP contribution < -0.4 is 5.73 Å². The van der Waals surface area contributed by atoms with E-state index in [2.05, 4.69) is 0 Å². The molecule has 0 spiro atoms. The van der Waals surface area contributed by atoms with Crippen molar-refractivity contribution in [2.45, 2.75) is 28.5 Å². The maximum atomic E-state index is 12.8. The van der Waals surface area contributed by atoms with Gasteiger partial charge in [-0.05, 0) is 24.6 Å². The summed E-state index contributed by atoms with van der Waals surface area (Å²) in [5.41, 5.74) is 6.47. The Morgan fingerprint density at radius 2 is 1.68 bits per heavy atom. The minimum absolute atomic E-state index is 0.214. The molecule has 0 unspecified atom stereocenters. The number of hydrogen-bond donors (Lipinski definition) is 1. The summed E-state index contributed by atoms with van der Waals surface area (Å²) in [4.78, 5) is 0.214. The van der Waals surface area contributed by atoms with Crippen LogP contribution in [0.15, 0.2) is 59.5 Å². The van der Waals surface area contributed by atoms with Crippen molar-refractivity contribution in [1.29, 1.82) is 5.26 Å². The summed E-state index contributed by atoms with van der Waals surface area (Å²) in [5, 5.41) is 8.48. The molecule has 0 aromatic heterocycles. The molecule has 112 valence electrons. The lowest BCUT2D eigenvalue weighted by molar-refractivity contribution is 0.592. The third-order valence-corrected chi connectivity index (χ3v) is 6.48. The fraction of sp³-hybridized carbons (Fsp3) is 0.235. The number of hydrogen-bond acceptors (Lipinski definition) is 4. The quantitative estimate of drug-likeness (QED) is 0.941. The van der Waals surface area contributed by atoms with E-state index in [-0.39, 0.29) is 4.90 Å². The summed E-state index contributed by atoms with van der Waals surface area (Å²) < 4.78 is 25.7. The average molecular weight is 312 g/mol. The maximum absolute atomic E-state index is 12.8. The predicted octanol–water partition coefficient (Wildman–Crippen LogP) is 2.16. The molecule has 3 atom stereocenters. The largest absolute Gasteiger partial charge is 0.312 e. The smallest absolute Gasteiger partial charge is 0.184 e. The molecule has 1 aliphatic carbocycles. The summed E-state index contributed by atoms with van der Waals surface area (Å²) in [7, 11) is -3.65. The highest BCUT2D eigenvalue weighted by Gasteiger charge is 2.70. The highest BCUT2D eigenvalue weighted by Crippen LogP contribution is 2.55. The van der Waals surface area contributed by atoms with Crippen LogP contribution in [0.4, 0.5) is 0 Å². The first-order valence-corrected chi connectivity index (χ1v) is 8.51. The molecule has 1 fully saturated rings. The Morgan fingerprint density at radius 3 is 2.23 bits per heavy atom. The zero-order valence-corrected chi connectivity index (χ0v) is 12.9. The Balaban J connectivity index is 2.04. The van der Waals surface area contributed by atoms with Gasteiger partial charge in [-0.1, -0.05) is 48.0 Å². The number of aryl methyl sites for hydroxylation is 1. The van der Waals surface area contributed by atoms with Crippen LogP contribution in [0.3, 0.4) is 0 Å². The van der Waals surface area contributed by atoms with Crippen LogP contribution in [0.2, 0.25) is 0 Å². The van der Waals surface area contributed by atoms with Gasteiger partial charge in [0.1, 0.15) is 10.8 Å². The van der Waals surface area contributed by atoms with Crippen molar-refractivity contribution in [3.63, 3.8) is 0 Å². The van der Waals surface area contributed by atoms with E-state index in [0.717, 1.165) is 11.1 Å². The number of nitriles is 1. The fourth-order valence-corrected chi connectivity index (χ4v) is 5.11. The second kappa shape index (κ2) is 4.94. The molecule has 0 radical (unpaired) electrons. The van der Waals surface area contributed by atoms with Crippen molar-refractivity contribution < 1.29 is 8.42 Å². The van der Waals surface area contributed by atoms with Crippen LogP contribution in [0, 0.1) is 18.3 Å². The molecule has 22 heavy (non-hydrogen) atoms. The Bertz CT molecular complexity index is 838. The minimum atomic E-state index is -3.65. The van der Waals surface area contributed by atoms with Gasteiger partial charge in [-0.15, -0.1) is 0 Å². The van der Waals surface area contributed by atoms with E-state index >= 15 is 0 Å². The highest BCUT2D eigenvalue weighted by molar-refractivity contribution is 7.92. The van der Waals surface area contributed by atoms with Crippen molar-refractivity contribution in [3.8, 4) is 6.07 Å². The molecule has 1 aliphatic rings. The van der Waals surface area contributed by atoms with E-state index < -0.39 is 26.5 Å². The van der Waals surface area contributed by atoms with Gasteiger partial charge in [0, 0.05) is 5.92 Å². The van der Waals surface area contributed by atoms with Crippen LogP contribution in [0.1, 0.15) is 17.0 Å². The number of nitrogens with zero attached hydrogens (tertiary/aromatic N) is 1. The molecule has 0 heterocycles. The Hall–Kier alpha value is -2.16. The summed E-state index contributed by atoms with van der Waals surface area (Å²) in [6.07, 6.45) is 0. The topological polar surface area (TPSA) is 83.9 Å². The third kappa shape index (κ3) is 2.12. The molecular weight excluding hydrogens is 296 g/mol. The molecule has 0 bridgehead atoms. The highest BCUT2D eigenvalue weighted by atomic mass is 32.2. The van der Waals surface area contributed by atoms with Gasteiger partial charge in [0.15, 0.2) is 9.84 Å². The molecule has 2 aromatic rings. The van der Waals surface area contributed by atoms with Crippen molar-refractivity contribution in [2.24, 2.45) is 5.73 Å². The van der Waals surface area contributed by atoms with E-state index in [0.29, 0.717) is 0 Å². The summed E-state index contributed by atoms with van der Waals surface area (Å²) >= 11 is 0. The summed E-state index contributed by atoms with van der Waals surface area (Å²) in [6.45, 7) is 1.89. The van der Waals surface area contributed by atoms with Crippen molar-refractivity contribution in [3.05, 3.63) is 65.7 Å². The van der Waals surface area contributed by atoms with Gasteiger partial charge in [-0.25, -0.2) is 8.42 Å². The minimum Gasteiger partial charge on any atom is -0.312 e. The lowest BCUT2D eigenvalue weighted by atomic mass is 10.1. The van der Waals surface area contributed by atoms with Crippen LogP contribution in [-0.4, -0.2) is 19.2 Å². The lowest BCUT2D eigenvalue weighted by Gasteiger charge is -2.05. The molecule has 0 aliphatic heterocycles. The molecule has 0 saturated heterocycles. The van der Waals surface area contributed by atoms with E-state index in [4.69, 9.17) is 5.73 Å². The third-order valence-electron chi connectivity index (χ3n) is 4.22. The van der Waals surface area contributed by atoms with Crippen LogP contribution >= 0.6 is 0 Å². The SMILES string of the molecule is Cc1ccc(S(=O)(=O)[C@@H]2[C@H](c3ccccc3)[C@@]2(N)C#N)cc1. The van der Waals surface area contributed by atoms with Crippen LogP contribution in [0.25, 0.3) is 0 Å². The second-order valence-electron chi connectivity index (χ2n) is 5.71. The van der Waals surface area contributed by atoms with Gasteiger partial charge >= 0.3 is 0 Å². The zero-order chi connectivity index (χ0) is 16.0. The van der Waals surface area contributed by atoms with Gasteiger partial charge in [-0.3, -0.25) is 0 Å². The monoisotopic (exact) mass is 312 g/mol. The van der Waals surface area contributed by atoms with Crippen LogP contribution in [-0.2, 0) is 9.84 Å². The molecular formula is C17H16N2O2S. The molecule has 5 heteroatoms. The first-order valence-electron chi connectivity index (χ1n) is 6.97. The molecule has 1 saturated carbocycles. The normalized spacial score (nSPS) is 27.1. The maximum Gasteiger partial charge on any atom is 0.184 e. The predicted molar refractivity (Wildman–Crippen MR) is 83.9 cm³/mol. The van der Waals surface area contributed by atoms with Gasteiger partial charge in [0.2, 0.25) is 0 Å². The number of nitrogens with two attached hydrogens (primary N) is 1. The molecule has 4 nitrogen and oxygen atoms in total. The second-order valence-corrected chi connectivity index (χ2v) is 7.78. The van der Waals surface area contributed by atoms with Crippen molar-refractivity contribution in [2.75, 3.05) is 0 Å². The number of sulfone groups is 1. The standard InChI is InChI=1S/C17H16N2O2S/c1-12-7-9-14(10-8-12)22(20,21)16-15(17(16,19)11-18)13-5-3-2-4-6-13/h2-10,15-16H,19H2,1H3/t15-,16+,17-/m0/s1. The molecule has 3 rings (SSSR count). The Morgan fingerprint density at radius 1 is 1.09 bits per heavy atom. The first-order chi connectivity index (χ1) is 10.4. The molecule has 2 aromatic carbocycles. The Labute approximate surface area is 130 Å². The van der Waals surface area contributed by atoms with Crippen molar-refractivity contribution >= 4 is 9.84 Å². The van der Waals surface area contributed by atoms with Crippen molar-refractivity contribution in [1.82, 2.24) is 0 Å². The Kier molecular flexibility index (Phi) is 3.32. The van der Waals surface area contributed by atoms with Gasteiger partial charge in [0.05, 0.1) is 11.0 Å². The summed E-state index contributed by atoms with van der Waals surface area (Å²) in [6, 6.07) is 17.8. The van der Waals surface area contributed by atoms with Gasteiger partial charge in [0.25, 0.3) is 0 Å². The summed E-state index contributed by atoms with van der Waals surface area (Å²) in [5.74, 6) is -0.495. The van der Waals surface area contributed by atoms with E-state index in [1.807, 2.05) is 43.3 Å². The number of benzene rings is 2. The zero-order valence-electron chi connectivity index (χ0n) is 12.1. The molecule has 2 N–H and O–H groups in total. The van der Waals surface area contributed by atoms with E-state index in [1.54, 1.807) is 24.3 Å². The van der Waals surface area contributed by atoms with E-state index in [9.17, 15) is 13.7 Å². The van der Waals surface area contributed by atoms with Gasteiger partial charge < -0.3 is 5.73 Å². The van der Waals surface area contributed by atoms with Crippen LogP contribution in [0.5, 0.6) is 0 Å². The molecule has 0 amide bonds. The van der Waals surface area contributed by atoms with Gasteiger partial charge in [-0.2, -0.15) is 5.26 Å². The average Bonchev–Trinajstić information content (AvgIpc) is 3.16. The van der Waals surface area contributed by atoms with E-state index in [1.165, 1.54) is 0 Å². The first kappa shape index (κ1) is 14.8.